The molecule has 1 amide bonds. The highest BCUT2D eigenvalue weighted by Crippen LogP contribution is 2.36. The number of pyridine rings is 1. The minimum atomic E-state index is -0.526. The Morgan fingerprint density at radius 2 is 1.91 bits per heavy atom. The molecule has 0 aliphatic heterocycles. The van der Waals surface area contributed by atoms with Crippen molar-refractivity contribution in [3.8, 4) is 0 Å². The number of benzene rings is 1. The molecular weight excluding hydrogens is 444 g/mol. The van der Waals surface area contributed by atoms with Gasteiger partial charge in [0.1, 0.15) is 17.2 Å². The van der Waals surface area contributed by atoms with E-state index in [9.17, 15) is 9.59 Å². The molecule has 35 heavy (non-hydrogen) atoms. The van der Waals surface area contributed by atoms with Crippen LogP contribution >= 0.6 is 0 Å². The highest BCUT2D eigenvalue weighted by Gasteiger charge is 2.33. The predicted molar refractivity (Wildman–Crippen MR) is 133 cm³/mol. The molecule has 3 heterocycles. The zero-order valence-corrected chi connectivity index (χ0v) is 19.8. The molecule has 1 aliphatic rings. The lowest BCUT2D eigenvalue weighted by atomic mass is 10.2. The molecule has 0 spiro atoms. The number of furan rings is 1. The Kier molecular flexibility index (Phi) is 6.27. The second-order valence-corrected chi connectivity index (χ2v) is 8.72. The number of carbonyl (C=O) groups is 2. The Labute approximate surface area is 203 Å². The number of amides is 1. The summed E-state index contributed by atoms with van der Waals surface area (Å²) in [5, 5.41) is 7.01. The molecule has 3 aromatic heterocycles. The molecule has 180 valence electrons. The minimum absolute atomic E-state index is 0.0194. The lowest BCUT2D eigenvalue weighted by Gasteiger charge is -2.11. The van der Waals surface area contributed by atoms with Crippen LogP contribution in [0.4, 0.5) is 11.4 Å². The maximum atomic E-state index is 13.0. The van der Waals surface area contributed by atoms with Crippen molar-refractivity contribution in [2.24, 2.45) is 5.92 Å². The average molecular weight is 473 g/mol. The zero-order chi connectivity index (χ0) is 24.4. The van der Waals surface area contributed by atoms with E-state index in [1.165, 1.54) is 7.11 Å². The summed E-state index contributed by atoms with van der Waals surface area (Å²) < 4.78 is 12.7. The van der Waals surface area contributed by atoms with Crippen LogP contribution in [0, 0.1) is 5.92 Å². The smallest absolute Gasteiger partial charge is 0.356 e. The van der Waals surface area contributed by atoms with Crippen molar-refractivity contribution in [3.05, 3.63) is 77.5 Å². The fraction of sp³-hybridized carbons (Fsp3) is 0.296. The molecular formula is C27H28N4O4. The fourth-order valence-corrected chi connectivity index (χ4v) is 4.14. The number of carbonyl (C=O) groups excluding carboxylic acids is 2. The van der Waals surface area contributed by atoms with E-state index in [4.69, 9.17) is 9.15 Å². The first-order valence-electron chi connectivity index (χ1n) is 11.8. The van der Waals surface area contributed by atoms with Crippen molar-refractivity contribution in [1.82, 2.24) is 9.55 Å². The Morgan fingerprint density at radius 1 is 1.14 bits per heavy atom. The van der Waals surface area contributed by atoms with E-state index in [0.717, 1.165) is 42.0 Å². The molecule has 5 rings (SSSR count). The van der Waals surface area contributed by atoms with Crippen LogP contribution < -0.4 is 10.6 Å². The maximum absolute atomic E-state index is 13.0. The van der Waals surface area contributed by atoms with Gasteiger partial charge in [-0.25, -0.2) is 9.78 Å². The van der Waals surface area contributed by atoms with Gasteiger partial charge in [-0.3, -0.25) is 4.79 Å². The van der Waals surface area contributed by atoms with E-state index >= 15 is 0 Å². The number of esters is 1. The summed E-state index contributed by atoms with van der Waals surface area (Å²) in [5.74, 6) is 1.12. The fourth-order valence-electron chi connectivity index (χ4n) is 4.14. The van der Waals surface area contributed by atoms with Crippen molar-refractivity contribution < 1.29 is 18.7 Å². The van der Waals surface area contributed by atoms with Gasteiger partial charge in [0.25, 0.3) is 0 Å². The Bertz CT molecular complexity index is 1370. The second kappa shape index (κ2) is 9.66. The molecule has 8 heteroatoms. The number of aromatic nitrogens is 2. The van der Waals surface area contributed by atoms with E-state index in [1.807, 2.05) is 60.0 Å². The Balaban J connectivity index is 1.56. The van der Waals surface area contributed by atoms with Crippen LogP contribution in [0.5, 0.6) is 0 Å². The molecule has 0 bridgehead atoms. The van der Waals surface area contributed by atoms with Gasteiger partial charge in [-0.1, -0.05) is 37.3 Å². The summed E-state index contributed by atoms with van der Waals surface area (Å²) >= 11 is 0. The van der Waals surface area contributed by atoms with Crippen molar-refractivity contribution in [2.75, 3.05) is 17.7 Å². The van der Waals surface area contributed by atoms with E-state index in [0.29, 0.717) is 29.8 Å². The summed E-state index contributed by atoms with van der Waals surface area (Å²) in [6.07, 6.45) is 4.27. The normalized spacial score (nSPS) is 13.1. The number of nitrogens with one attached hydrogen (secondary N) is 2. The van der Waals surface area contributed by atoms with Gasteiger partial charge in [0.15, 0.2) is 5.69 Å². The number of hydrogen-bond acceptors (Lipinski definition) is 6. The third-order valence-electron chi connectivity index (χ3n) is 6.19. The number of rotatable bonds is 9. The van der Waals surface area contributed by atoms with E-state index < -0.39 is 5.97 Å². The van der Waals surface area contributed by atoms with Gasteiger partial charge in [-0.05, 0) is 36.6 Å². The molecule has 0 radical (unpaired) electrons. The van der Waals surface area contributed by atoms with Crippen LogP contribution in [0.3, 0.4) is 0 Å². The largest absolute Gasteiger partial charge is 0.464 e. The highest BCUT2D eigenvalue weighted by molar-refractivity contribution is 6.11. The average Bonchev–Trinajstić information content (AvgIpc) is 3.57. The number of fused-ring (bicyclic) bond motifs is 1. The summed E-state index contributed by atoms with van der Waals surface area (Å²) in [4.78, 5) is 30.4. The third-order valence-corrected chi connectivity index (χ3v) is 6.19. The number of ether oxygens (including phenoxy) is 1. The molecule has 4 aromatic rings. The molecule has 1 saturated carbocycles. The number of aryl methyl sites for hydroxylation is 1. The SMILES string of the molecule is CCc1ccc(CNc2cnc3c(c2)c(NC(=O)C2CC2)c(C(=O)OC)n3Cc2ccccc2)o1. The molecule has 8 nitrogen and oxygen atoms in total. The molecule has 0 atom stereocenters. The molecule has 1 aromatic carbocycles. The van der Waals surface area contributed by atoms with Gasteiger partial charge in [-0.15, -0.1) is 0 Å². The first-order chi connectivity index (χ1) is 17.1. The summed E-state index contributed by atoms with van der Waals surface area (Å²) in [7, 11) is 1.34. The number of anilines is 2. The lowest BCUT2D eigenvalue weighted by molar-refractivity contribution is -0.117. The van der Waals surface area contributed by atoms with Gasteiger partial charge in [0.05, 0.1) is 31.2 Å². The summed E-state index contributed by atoms with van der Waals surface area (Å²) in [6, 6.07) is 15.6. The maximum Gasteiger partial charge on any atom is 0.356 e. The standard InChI is InChI=1S/C27H28N4O4/c1-3-20-11-12-21(35-20)15-28-19-13-22-23(30-26(32)18-9-10-18)24(27(33)34-2)31(25(22)29-14-19)16-17-7-5-4-6-8-17/h4-8,11-14,18,28H,3,9-10,15-16H2,1-2H3,(H,30,32). The van der Waals surface area contributed by atoms with Crippen LogP contribution in [0.15, 0.2) is 59.1 Å². The van der Waals surface area contributed by atoms with Crippen LogP contribution in [0.2, 0.25) is 0 Å². The Hall–Kier alpha value is -4.07. The minimum Gasteiger partial charge on any atom is -0.464 e. The molecule has 0 unspecified atom stereocenters. The van der Waals surface area contributed by atoms with Crippen LogP contribution in [0.25, 0.3) is 11.0 Å². The molecule has 2 N–H and O–H groups in total. The first-order valence-corrected chi connectivity index (χ1v) is 11.8. The van der Waals surface area contributed by atoms with E-state index in [-0.39, 0.29) is 17.5 Å². The van der Waals surface area contributed by atoms with Gasteiger partial charge in [0, 0.05) is 24.3 Å². The number of nitrogens with zero attached hydrogens (tertiary/aromatic N) is 2. The van der Waals surface area contributed by atoms with E-state index in [1.54, 1.807) is 6.20 Å². The molecule has 1 aliphatic carbocycles. The molecule has 1 fully saturated rings. The Morgan fingerprint density at radius 3 is 2.60 bits per heavy atom. The highest BCUT2D eigenvalue weighted by atomic mass is 16.5. The number of methoxy groups -OCH3 is 1. The van der Waals surface area contributed by atoms with Crippen LogP contribution in [-0.2, 0) is 29.0 Å². The van der Waals surface area contributed by atoms with Crippen molar-refractivity contribution in [1.29, 1.82) is 0 Å². The quantitative estimate of drug-likeness (QED) is 0.333. The van der Waals surface area contributed by atoms with E-state index in [2.05, 4.69) is 15.6 Å². The van der Waals surface area contributed by atoms with Crippen LogP contribution in [0.1, 0.15) is 47.3 Å². The van der Waals surface area contributed by atoms with Gasteiger partial charge < -0.3 is 24.4 Å². The number of hydrogen-bond donors (Lipinski definition) is 2. The summed E-state index contributed by atoms with van der Waals surface area (Å²) in [5.41, 5.74) is 3.06. The van der Waals surface area contributed by atoms with Gasteiger partial charge >= 0.3 is 5.97 Å². The van der Waals surface area contributed by atoms with Gasteiger partial charge in [-0.2, -0.15) is 0 Å². The first kappa shape index (κ1) is 22.7. The second-order valence-electron chi connectivity index (χ2n) is 8.72. The van der Waals surface area contributed by atoms with Crippen molar-refractivity contribution in [3.63, 3.8) is 0 Å². The predicted octanol–water partition coefficient (Wildman–Crippen LogP) is 4.99. The van der Waals surface area contributed by atoms with Crippen molar-refractivity contribution >= 4 is 34.3 Å². The van der Waals surface area contributed by atoms with Crippen LogP contribution in [-0.4, -0.2) is 28.5 Å². The molecule has 0 saturated heterocycles. The van der Waals surface area contributed by atoms with Crippen molar-refractivity contribution in [2.45, 2.75) is 39.3 Å². The monoisotopic (exact) mass is 472 g/mol. The zero-order valence-electron chi connectivity index (χ0n) is 19.8. The third kappa shape index (κ3) is 4.77. The van der Waals surface area contributed by atoms with Gasteiger partial charge in [0.2, 0.25) is 5.91 Å². The lowest BCUT2D eigenvalue weighted by Crippen LogP contribution is -2.18. The summed E-state index contributed by atoms with van der Waals surface area (Å²) in [6.45, 7) is 2.95. The topological polar surface area (TPSA) is 98.4 Å².